The molecule has 96 valence electrons. The van der Waals surface area contributed by atoms with Crippen molar-refractivity contribution in [2.75, 3.05) is 0 Å². The zero-order chi connectivity index (χ0) is 13.1. The SMILES string of the molecule is Cc1ccc(CNC2CCC(=O)NC2=O)cc1C. The zero-order valence-electron chi connectivity index (χ0n) is 10.7. The van der Waals surface area contributed by atoms with Gasteiger partial charge in [0.15, 0.2) is 0 Å². The van der Waals surface area contributed by atoms with Gasteiger partial charge in [0.2, 0.25) is 11.8 Å². The Balaban J connectivity index is 1.93. The molecule has 18 heavy (non-hydrogen) atoms. The molecule has 2 rings (SSSR count). The lowest BCUT2D eigenvalue weighted by atomic mass is 10.0. The van der Waals surface area contributed by atoms with E-state index in [0.29, 0.717) is 19.4 Å². The predicted octanol–water partition coefficient (Wildman–Crippen LogP) is 1.20. The van der Waals surface area contributed by atoms with Crippen molar-refractivity contribution in [1.82, 2.24) is 10.6 Å². The Bertz CT molecular complexity index is 483. The molecule has 1 aromatic carbocycles. The highest BCUT2D eigenvalue weighted by atomic mass is 16.2. The van der Waals surface area contributed by atoms with Crippen LogP contribution in [0.25, 0.3) is 0 Å². The van der Waals surface area contributed by atoms with Crippen molar-refractivity contribution in [3.63, 3.8) is 0 Å². The zero-order valence-corrected chi connectivity index (χ0v) is 10.7. The molecule has 1 unspecified atom stereocenters. The molecule has 1 fully saturated rings. The van der Waals surface area contributed by atoms with Crippen molar-refractivity contribution in [2.45, 2.75) is 39.3 Å². The number of imide groups is 1. The summed E-state index contributed by atoms with van der Waals surface area (Å²) >= 11 is 0. The molecular weight excluding hydrogens is 228 g/mol. The lowest BCUT2D eigenvalue weighted by Gasteiger charge is -2.22. The molecule has 2 N–H and O–H groups in total. The minimum Gasteiger partial charge on any atom is -0.302 e. The lowest BCUT2D eigenvalue weighted by Crippen LogP contribution is -2.50. The van der Waals surface area contributed by atoms with Gasteiger partial charge in [-0.1, -0.05) is 18.2 Å². The Morgan fingerprint density at radius 1 is 1.28 bits per heavy atom. The third kappa shape index (κ3) is 2.96. The summed E-state index contributed by atoms with van der Waals surface area (Å²) in [5.74, 6) is -0.390. The fourth-order valence-electron chi connectivity index (χ4n) is 2.04. The van der Waals surface area contributed by atoms with Crippen LogP contribution in [-0.2, 0) is 16.1 Å². The van der Waals surface area contributed by atoms with E-state index in [2.05, 4.69) is 42.7 Å². The number of piperidine rings is 1. The van der Waals surface area contributed by atoms with Crippen LogP contribution in [0.4, 0.5) is 0 Å². The van der Waals surface area contributed by atoms with Gasteiger partial charge in [-0.25, -0.2) is 0 Å². The van der Waals surface area contributed by atoms with E-state index in [4.69, 9.17) is 0 Å². The number of amides is 2. The number of benzene rings is 1. The van der Waals surface area contributed by atoms with Gasteiger partial charge < -0.3 is 5.32 Å². The Kier molecular flexibility index (Phi) is 3.77. The molecule has 0 saturated carbocycles. The molecule has 0 radical (unpaired) electrons. The number of hydrogen-bond donors (Lipinski definition) is 2. The van der Waals surface area contributed by atoms with E-state index < -0.39 is 0 Å². The van der Waals surface area contributed by atoms with Gasteiger partial charge in [0, 0.05) is 13.0 Å². The number of hydrogen-bond acceptors (Lipinski definition) is 3. The molecule has 4 heteroatoms. The summed E-state index contributed by atoms with van der Waals surface area (Å²) in [6, 6.07) is 6.00. The third-order valence-corrected chi connectivity index (χ3v) is 3.36. The number of rotatable bonds is 3. The van der Waals surface area contributed by atoms with E-state index in [1.165, 1.54) is 11.1 Å². The fourth-order valence-corrected chi connectivity index (χ4v) is 2.04. The Morgan fingerprint density at radius 3 is 2.72 bits per heavy atom. The Labute approximate surface area is 107 Å². The largest absolute Gasteiger partial charge is 0.302 e. The summed E-state index contributed by atoms with van der Waals surface area (Å²) in [5, 5.41) is 5.54. The smallest absolute Gasteiger partial charge is 0.243 e. The second-order valence-electron chi connectivity index (χ2n) is 4.80. The standard InChI is InChI=1S/C14H18N2O2/c1-9-3-4-11(7-10(9)2)8-15-12-5-6-13(17)16-14(12)18/h3-4,7,12,15H,5-6,8H2,1-2H3,(H,16,17,18). The van der Waals surface area contributed by atoms with Crippen molar-refractivity contribution >= 4 is 11.8 Å². The van der Waals surface area contributed by atoms with E-state index in [0.717, 1.165) is 5.56 Å². The van der Waals surface area contributed by atoms with Crippen molar-refractivity contribution in [3.05, 3.63) is 34.9 Å². The van der Waals surface area contributed by atoms with Gasteiger partial charge in [-0.2, -0.15) is 0 Å². The molecule has 4 nitrogen and oxygen atoms in total. The molecule has 0 bridgehead atoms. The van der Waals surface area contributed by atoms with Gasteiger partial charge in [0.25, 0.3) is 0 Å². The molecule has 0 aliphatic carbocycles. The van der Waals surface area contributed by atoms with Crippen LogP contribution >= 0.6 is 0 Å². The van der Waals surface area contributed by atoms with Crippen LogP contribution in [0.2, 0.25) is 0 Å². The molecule has 1 aromatic rings. The Morgan fingerprint density at radius 2 is 2.06 bits per heavy atom. The van der Waals surface area contributed by atoms with Gasteiger partial charge in [0.1, 0.15) is 0 Å². The van der Waals surface area contributed by atoms with Crippen molar-refractivity contribution in [2.24, 2.45) is 0 Å². The Hall–Kier alpha value is -1.68. The minimum atomic E-state index is -0.260. The monoisotopic (exact) mass is 246 g/mol. The van der Waals surface area contributed by atoms with Crippen LogP contribution < -0.4 is 10.6 Å². The quantitative estimate of drug-likeness (QED) is 0.788. The van der Waals surface area contributed by atoms with Crippen LogP contribution in [-0.4, -0.2) is 17.9 Å². The van der Waals surface area contributed by atoms with E-state index in [1.54, 1.807) is 0 Å². The first-order valence-electron chi connectivity index (χ1n) is 6.19. The van der Waals surface area contributed by atoms with Crippen molar-refractivity contribution in [1.29, 1.82) is 0 Å². The van der Waals surface area contributed by atoms with E-state index in [-0.39, 0.29) is 17.9 Å². The fraction of sp³-hybridized carbons (Fsp3) is 0.429. The summed E-state index contributed by atoms with van der Waals surface area (Å²) < 4.78 is 0. The van der Waals surface area contributed by atoms with Crippen LogP contribution in [0.1, 0.15) is 29.5 Å². The maximum atomic E-state index is 11.6. The second-order valence-corrected chi connectivity index (χ2v) is 4.80. The molecule has 1 aliphatic rings. The number of aryl methyl sites for hydroxylation is 2. The highest BCUT2D eigenvalue weighted by Gasteiger charge is 2.25. The van der Waals surface area contributed by atoms with Gasteiger partial charge >= 0.3 is 0 Å². The van der Waals surface area contributed by atoms with Crippen LogP contribution in [0.3, 0.4) is 0 Å². The number of carbonyl (C=O) groups is 2. The predicted molar refractivity (Wildman–Crippen MR) is 68.9 cm³/mol. The topological polar surface area (TPSA) is 58.2 Å². The number of carbonyl (C=O) groups excluding carboxylic acids is 2. The number of nitrogens with one attached hydrogen (secondary N) is 2. The summed E-state index contributed by atoms with van der Waals surface area (Å²) in [6.07, 6.45) is 0.992. The first-order chi connectivity index (χ1) is 8.56. The lowest BCUT2D eigenvalue weighted by molar-refractivity contribution is -0.134. The van der Waals surface area contributed by atoms with Crippen LogP contribution in [0.15, 0.2) is 18.2 Å². The van der Waals surface area contributed by atoms with E-state index >= 15 is 0 Å². The van der Waals surface area contributed by atoms with Crippen molar-refractivity contribution in [3.8, 4) is 0 Å². The molecule has 1 heterocycles. The molecule has 2 amide bonds. The summed E-state index contributed by atoms with van der Waals surface area (Å²) in [7, 11) is 0. The van der Waals surface area contributed by atoms with Crippen LogP contribution in [0.5, 0.6) is 0 Å². The normalized spacial score (nSPS) is 19.8. The van der Waals surface area contributed by atoms with Gasteiger partial charge in [-0.15, -0.1) is 0 Å². The summed E-state index contributed by atoms with van der Waals surface area (Å²) in [6.45, 7) is 4.80. The van der Waals surface area contributed by atoms with E-state index in [9.17, 15) is 9.59 Å². The van der Waals surface area contributed by atoms with Gasteiger partial charge in [-0.3, -0.25) is 14.9 Å². The summed E-state index contributed by atoms with van der Waals surface area (Å²) in [4.78, 5) is 22.6. The van der Waals surface area contributed by atoms with Crippen LogP contribution in [0, 0.1) is 13.8 Å². The average molecular weight is 246 g/mol. The maximum Gasteiger partial charge on any atom is 0.243 e. The highest BCUT2D eigenvalue weighted by Crippen LogP contribution is 2.11. The molecule has 1 aliphatic heterocycles. The maximum absolute atomic E-state index is 11.6. The first kappa shape index (κ1) is 12.8. The van der Waals surface area contributed by atoms with Gasteiger partial charge in [0.05, 0.1) is 6.04 Å². The second kappa shape index (κ2) is 5.31. The van der Waals surface area contributed by atoms with Gasteiger partial charge in [-0.05, 0) is 37.0 Å². The molecule has 1 atom stereocenters. The van der Waals surface area contributed by atoms with Crippen molar-refractivity contribution < 1.29 is 9.59 Å². The minimum absolute atomic E-state index is 0.177. The molecular formula is C14H18N2O2. The molecule has 1 saturated heterocycles. The highest BCUT2D eigenvalue weighted by molar-refractivity contribution is 6.00. The molecule has 0 spiro atoms. The third-order valence-electron chi connectivity index (χ3n) is 3.36. The summed E-state index contributed by atoms with van der Waals surface area (Å²) in [5.41, 5.74) is 3.67. The van der Waals surface area contributed by atoms with E-state index in [1.807, 2.05) is 0 Å². The first-order valence-corrected chi connectivity index (χ1v) is 6.19. The average Bonchev–Trinajstić information content (AvgIpc) is 2.32. The molecule has 0 aromatic heterocycles.